The number of aromatic nitrogens is 1. The van der Waals surface area contributed by atoms with E-state index in [1.54, 1.807) is 6.20 Å². The molecule has 0 fully saturated rings. The Bertz CT molecular complexity index is 375. The fraction of sp³-hybridized carbons (Fsp3) is 0.200. The van der Waals surface area contributed by atoms with E-state index in [1.165, 1.54) is 0 Å². The number of carbonyl (C=O) groups excluding carboxylic acids is 1. The molecule has 0 aromatic carbocycles. The second kappa shape index (κ2) is 3.07. The van der Waals surface area contributed by atoms with Gasteiger partial charge in [0.05, 0.1) is 5.41 Å². The number of carbonyl (C=O) groups is 1. The SMILES string of the molecule is O=CC1(c2ccnc(Br)c2)C=CC1. The molecule has 0 saturated heterocycles. The van der Waals surface area contributed by atoms with Crippen LogP contribution in [0.25, 0.3) is 0 Å². The maximum atomic E-state index is 10.9. The smallest absolute Gasteiger partial charge is 0.134 e. The monoisotopic (exact) mass is 237 g/mol. The van der Waals surface area contributed by atoms with Gasteiger partial charge in [-0.25, -0.2) is 4.98 Å². The van der Waals surface area contributed by atoms with Gasteiger partial charge >= 0.3 is 0 Å². The van der Waals surface area contributed by atoms with Gasteiger partial charge in [0.25, 0.3) is 0 Å². The van der Waals surface area contributed by atoms with Crippen LogP contribution < -0.4 is 0 Å². The van der Waals surface area contributed by atoms with Crippen molar-refractivity contribution < 1.29 is 4.79 Å². The first-order valence-corrected chi connectivity index (χ1v) is 4.82. The first-order valence-electron chi connectivity index (χ1n) is 4.03. The maximum Gasteiger partial charge on any atom is 0.134 e. The third kappa shape index (κ3) is 1.33. The number of aldehydes is 1. The number of pyridine rings is 1. The number of hydrogen-bond acceptors (Lipinski definition) is 2. The molecule has 1 aliphatic carbocycles. The van der Waals surface area contributed by atoms with Crippen molar-refractivity contribution in [3.8, 4) is 0 Å². The number of rotatable bonds is 2. The van der Waals surface area contributed by atoms with E-state index < -0.39 is 0 Å². The number of nitrogens with zero attached hydrogens (tertiary/aromatic N) is 1. The molecule has 2 rings (SSSR count). The highest BCUT2D eigenvalue weighted by molar-refractivity contribution is 9.10. The normalized spacial score (nSPS) is 25.3. The van der Waals surface area contributed by atoms with Crippen molar-refractivity contribution in [2.75, 3.05) is 0 Å². The number of hydrogen-bond donors (Lipinski definition) is 0. The zero-order valence-corrected chi connectivity index (χ0v) is 8.49. The van der Waals surface area contributed by atoms with E-state index in [2.05, 4.69) is 20.9 Å². The molecule has 1 aliphatic rings. The highest BCUT2D eigenvalue weighted by Gasteiger charge is 2.33. The lowest BCUT2D eigenvalue weighted by atomic mass is 9.72. The van der Waals surface area contributed by atoms with Gasteiger partial charge in [-0.3, -0.25) is 0 Å². The van der Waals surface area contributed by atoms with E-state index in [1.807, 2.05) is 24.3 Å². The summed E-state index contributed by atoms with van der Waals surface area (Å²) in [6.07, 6.45) is 7.43. The van der Waals surface area contributed by atoms with Gasteiger partial charge in [-0.05, 0) is 40.0 Å². The zero-order valence-electron chi connectivity index (χ0n) is 6.90. The van der Waals surface area contributed by atoms with Crippen LogP contribution in [0.2, 0.25) is 0 Å². The zero-order chi connectivity index (χ0) is 9.31. The summed E-state index contributed by atoms with van der Waals surface area (Å²) >= 11 is 3.29. The lowest BCUT2D eigenvalue weighted by molar-refractivity contribution is -0.111. The molecule has 13 heavy (non-hydrogen) atoms. The quantitative estimate of drug-likeness (QED) is 0.449. The minimum Gasteiger partial charge on any atom is -0.302 e. The highest BCUT2D eigenvalue weighted by atomic mass is 79.9. The summed E-state index contributed by atoms with van der Waals surface area (Å²) in [4.78, 5) is 15.0. The molecule has 1 atom stereocenters. The van der Waals surface area contributed by atoms with E-state index >= 15 is 0 Å². The third-order valence-electron chi connectivity index (χ3n) is 2.35. The van der Waals surface area contributed by atoms with Crippen molar-refractivity contribution in [3.05, 3.63) is 40.6 Å². The van der Waals surface area contributed by atoms with Crippen LogP contribution in [0.3, 0.4) is 0 Å². The van der Waals surface area contributed by atoms with Gasteiger partial charge in [0.1, 0.15) is 10.9 Å². The highest BCUT2D eigenvalue weighted by Crippen LogP contribution is 2.35. The molecule has 1 unspecified atom stereocenters. The molecular weight excluding hydrogens is 230 g/mol. The second-order valence-corrected chi connectivity index (χ2v) is 3.94. The van der Waals surface area contributed by atoms with E-state index in [0.29, 0.717) is 0 Å². The first-order chi connectivity index (χ1) is 6.27. The standard InChI is InChI=1S/C10H8BrNO/c11-9-6-8(2-5-12-9)10(7-13)3-1-4-10/h1-3,5-7H,4H2. The van der Waals surface area contributed by atoms with Crippen molar-refractivity contribution in [3.63, 3.8) is 0 Å². The fourth-order valence-corrected chi connectivity index (χ4v) is 1.80. The Morgan fingerprint density at radius 3 is 2.85 bits per heavy atom. The van der Waals surface area contributed by atoms with Crippen LogP contribution in [0.1, 0.15) is 12.0 Å². The molecule has 0 bridgehead atoms. The van der Waals surface area contributed by atoms with Crippen LogP contribution in [0.4, 0.5) is 0 Å². The summed E-state index contributed by atoms with van der Waals surface area (Å²) in [6, 6.07) is 3.76. The molecule has 0 saturated carbocycles. The Labute approximate surface area is 84.8 Å². The van der Waals surface area contributed by atoms with Gasteiger partial charge < -0.3 is 4.79 Å². The molecular formula is C10H8BrNO. The van der Waals surface area contributed by atoms with Gasteiger partial charge in [-0.15, -0.1) is 0 Å². The van der Waals surface area contributed by atoms with Crippen molar-refractivity contribution in [1.29, 1.82) is 0 Å². The Hall–Kier alpha value is -0.960. The van der Waals surface area contributed by atoms with Crippen LogP contribution >= 0.6 is 15.9 Å². The minimum atomic E-state index is -0.383. The van der Waals surface area contributed by atoms with Gasteiger partial charge in [0, 0.05) is 6.20 Å². The van der Waals surface area contributed by atoms with Crippen LogP contribution in [-0.2, 0) is 10.2 Å². The summed E-state index contributed by atoms with van der Waals surface area (Å²) in [5, 5.41) is 0. The topological polar surface area (TPSA) is 30.0 Å². The van der Waals surface area contributed by atoms with Crippen LogP contribution in [0.5, 0.6) is 0 Å². The molecule has 1 aromatic heterocycles. The fourth-order valence-electron chi connectivity index (χ4n) is 1.43. The maximum absolute atomic E-state index is 10.9. The van der Waals surface area contributed by atoms with Gasteiger partial charge in [-0.2, -0.15) is 0 Å². The average molecular weight is 238 g/mol. The predicted octanol–water partition coefficient (Wildman–Crippen LogP) is 2.24. The number of halogens is 1. The average Bonchev–Trinajstić information content (AvgIpc) is 2.03. The summed E-state index contributed by atoms with van der Waals surface area (Å²) in [7, 11) is 0. The van der Waals surface area contributed by atoms with E-state index in [9.17, 15) is 4.79 Å². The summed E-state index contributed by atoms with van der Waals surface area (Å²) in [5.41, 5.74) is 0.623. The molecule has 0 spiro atoms. The molecule has 0 aliphatic heterocycles. The van der Waals surface area contributed by atoms with Crippen molar-refractivity contribution in [1.82, 2.24) is 4.98 Å². The molecule has 1 heterocycles. The molecule has 3 heteroatoms. The molecule has 0 amide bonds. The predicted molar refractivity (Wildman–Crippen MR) is 53.4 cm³/mol. The van der Waals surface area contributed by atoms with Crippen molar-refractivity contribution in [2.24, 2.45) is 0 Å². The lowest BCUT2D eigenvalue weighted by Gasteiger charge is -2.29. The second-order valence-electron chi connectivity index (χ2n) is 3.13. The molecule has 1 aromatic rings. The first kappa shape index (κ1) is 8.63. The Morgan fingerprint density at radius 1 is 1.62 bits per heavy atom. The van der Waals surface area contributed by atoms with Gasteiger partial charge in [0.2, 0.25) is 0 Å². The molecule has 66 valence electrons. The molecule has 0 radical (unpaired) electrons. The largest absolute Gasteiger partial charge is 0.302 e. The van der Waals surface area contributed by atoms with Crippen molar-refractivity contribution in [2.45, 2.75) is 11.8 Å². The summed E-state index contributed by atoms with van der Waals surface area (Å²) in [5.74, 6) is 0. The van der Waals surface area contributed by atoms with Gasteiger partial charge in [-0.1, -0.05) is 12.2 Å². The lowest BCUT2D eigenvalue weighted by Crippen LogP contribution is -2.30. The summed E-state index contributed by atoms with van der Waals surface area (Å²) < 4.78 is 0.770. The molecule has 0 N–H and O–H groups in total. The Balaban J connectivity index is 2.45. The number of allylic oxidation sites excluding steroid dienone is 2. The minimum absolute atomic E-state index is 0.383. The Morgan fingerprint density at radius 2 is 2.38 bits per heavy atom. The summed E-state index contributed by atoms with van der Waals surface area (Å²) in [6.45, 7) is 0. The van der Waals surface area contributed by atoms with Gasteiger partial charge in [0.15, 0.2) is 0 Å². The van der Waals surface area contributed by atoms with Crippen LogP contribution in [0.15, 0.2) is 35.1 Å². The third-order valence-corrected chi connectivity index (χ3v) is 2.78. The van der Waals surface area contributed by atoms with E-state index in [0.717, 1.165) is 22.9 Å². The van der Waals surface area contributed by atoms with Crippen LogP contribution in [0, 0.1) is 0 Å². The molecule has 2 nitrogen and oxygen atoms in total. The van der Waals surface area contributed by atoms with E-state index in [-0.39, 0.29) is 5.41 Å². The van der Waals surface area contributed by atoms with Crippen molar-refractivity contribution >= 4 is 22.2 Å². The van der Waals surface area contributed by atoms with E-state index in [4.69, 9.17) is 0 Å². The van der Waals surface area contributed by atoms with Crippen LogP contribution in [-0.4, -0.2) is 11.3 Å². The Kier molecular flexibility index (Phi) is 2.04.